The van der Waals surface area contributed by atoms with Crippen LogP contribution in [0.25, 0.3) is 0 Å². The number of halogens is 4. The van der Waals surface area contributed by atoms with Crippen LogP contribution in [0.4, 0.5) is 17.6 Å². The molecule has 0 aromatic heterocycles. The molecule has 3 rings (SSSR count). The molecule has 2 atom stereocenters. The number of β-amino-alcohol motifs (C(OH)–C–C–N with tert-alkyl or cyclic N) is 1. The highest BCUT2D eigenvalue weighted by Crippen LogP contribution is 2.29. The van der Waals surface area contributed by atoms with Crippen molar-refractivity contribution < 1.29 is 37.2 Å². The first-order valence-corrected chi connectivity index (χ1v) is 8.74. The molecule has 0 bridgehead atoms. The summed E-state index contributed by atoms with van der Waals surface area (Å²) in [5, 5.41) is 30.4. The van der Waals surface area contributed by atoms with Gasteiger partial charge in [0.2, 0.25) is 0 Å². The van der Waals surface area contributed by atoms with Crippen LogP contribution in [0.15, 0.2) is 42.5 Å². The Morgan fingerprint density at radius 1 is 1.27 bits per heavy atom. The fraction of sp³-hybridized carbons (Fsp3) is 0.350. The van der Waals surface area contributed by atoms with Crippen molar-refractivity contribution in [1.29, 1.82) is 5.26 Å². The Bertz CT molecular complexity index is 901. The van der Waals surface area contributed by atoms with Crippen molar-refractivity contribution >= 4 is 0 Å². The fourth-order valence-corrected chi connectivity index (χ4v) is 2.68. The van der Waals surface area contributed by atoms with Gasteiger partial charge in [-0.05, 0) is 30.3 Å². The number of aliphatic hydroxyl groups is 2. The molecule has 0 saturated carbocycles. The molecule has 0 amide bonds. The number of aliphatic hydroxyl groups excluding tert-OH is 1. The van der Waals surface area contributed by atoms with E-state index < -0.39 is 35.9 Å². The topological polar surface area (TPSA) is 94.7 Å². The molecule has 2 aromatic carbocycles. The maximum Gasteiger partial charge on any atom is 0.416 e. The Hall–Kier alpha value is -2.87. The second kappa shape index (κ2) is 9.75. The summed E-state index contributed by atoms with van der Waals surface area (Å²) in [6.45, 7) is 0.223. The highest BCUT2D eigenvalue weighted by molar-refractivity contribution is 5.34. The minimum absolute atomic E-state index is 0.0184. The molecule has 1 fully saturated rings. The number of ether oxygens (including phenoxy) is 2. The molecule has 2 aromatic rings. The van der Waals surface area contributed by atoms with E-state index in [1.807, 2.05) is 0 Å². The van der Waals surface area contributed by atoms with Crippen LogP contribution in [0.2, 0.25) is 0 Å². The van der Waals surface area contributed by atoms with Crippen LogP contribution in [0, 0.1) is 17.1 Å². The van der Waals surface area contributed by atoms with Crippen LogP contribution in [0.3, 0.4) is 0 Å². The van der Waals surface area contributed by atoms with Gasteiger partial charge in [0.05, 0.1) is 30.9 Å². The molecule has 0 aliphatic carbocycles. The zero-order chi connectivity index (χ0) is 22.4. The summed E-state index contributed by atoms with van der Waals surface area (Å²) in [7, 11) is 1.38. The molecule has 6 nitrogen and oxygen atoms in total. The van der Waals surface area contributed by atoms with Crippen molar-refractivity contribution in [2.45, 2.75) is 17.9 Å². The fourth-order valence-electron chi connectivity index (χ4n) is 2.68. The summed E-state index contributed by atoms with van der Waals surface area (Å²) in [4.78, 5) is 0. The van der Waals surface area contributed by atoms with E-state index >= 15 is 0 Å². The highest BCUT2D eigenvalue weighted by atomic mass is 19.4. The number of benzene rings is 2. The predicted molar refractivity (Wildman–Crippen MR) is 98.4 cm³/mol. The summed E-state index contributed by atoms with van der Waals surface area (Å²) in [6, 6.07) is 10.1. The SMILES string of the molecule is COc1ccc(O[C@H]2CNC[C@@]2(O)CO)cc1F.N#Cc1cccc(C(F)(F)F)c1. The zero-order valence-electron chi connectivity index (χ0n) is 15.9. The Morgan fingerprint density at radius 3 is 2.57 bits per heavy atom. The minimum atomic E-state index is -4.37. The number of hydrogen-bond acceptors (Lipinski definition) is 6. The summed E-state index contributed by atoms with van der Waals surface area (Å²) >= 11 is 0. The smallest absolute Gasteiger partial charge is 0.416 e. The van der Waals surface area contributed by atoms with Gasteiger partial charge in [0.15, 0.2) is 11.6 Å². The van der Waals surface area contributed by atoms with Crippen molar-refractivity contribution in [3.8, 4) is 17.6 Å². The van der Waals surface area contributed by atoms with Crippen LogP contribution >= 0.6 is 0 Å². The minimum Gasteiger partial charge on any atom is -0.494 e. The van der Waals surface area contributed by atoms with Crippen LogP contribution in [-0.4, -0.2) is 48.7 Å². The zero-order valence-corrected chi connectivity index (χ0v) is 15.9. The highest BCUT2D eigenvalue weighted by Gasteiger charge is 2.42. The number of nitrogens with zero attached hydrogens (tertiary/aromatic N) is 1. The van der Waals surface area contributed by atoms with E-state index in [9.17, 15) is 22.7 Å². The first-order chi connectivity index (χ1) is 14.1. The van der Waals surface area contributed by atoms with Crippen molar-refractivity contribution in [2.24, 2.45) is 0 Å². The number of nitriles is 1. The van der Waals surface area contributed by atoms with Gasteiger partial charge in [-0.3, -0.25) is 0 Å². The first-order valence-electron chi connectivity index (χ1n) is 8.74. The quantitative estimate of drug-likeness (QED) is 0.648. The third kappa shape index (κ3) is 5.82. The van der Waals surface area contributed by atoms with E-state index in [4.69, 9.17) is 19.8 Å². The van der Waals surface area contributed by atoms with Gasteiger partial charge in [-0.2, -0.15) is 18.4 Å². The second-order valence-corrected chi connectivity index (χ2v) is 6.49. The van der Waals surface area contributed by atoms with Gasteiger partial charge >= 0.3 is 6.18 Å². The van der Waals surface area contributed by atoms with Crippen LogP contribution in [0.1, 0.15) is 11.1 Å². The molecule has 0 unspecified atom stereocenters. The number of rotatable bonds is 4. The molecule has 0 spiro atoms. The lowest BCUT2D eigenvalue weighted by Crippen LogP contribution is -2.48. The third-order valence-electron chi connectivity index (χ3n) is 4.35. The second-order valence-electron chi connectivity index (χ2n) is 6.49. The van der Waals surface area contributed by atoms with E-state index in [0.29, 0.717) is 6.54 Å². The molecule has 1 heterocycles. The average Bonchev–Trinajstić information content (AvgIpc) is 3.09. The molecule has 30 heavy (non-hydrogen) atoms. The number of methoxy groups -OCH3 is 1. The molecular formula is C20H20F4N2O4. The van der Waals surface area contributed by atoms with E-state index in [1.165, 1.54) is 31.4 Å². The van der Waals surface area contributed by atoms with E-state index in [-0.39, 0.29) is 23.6 Å². The van der Waals surface area contributed by atoms with Crippen LogP contribution in [-0.2, 0) is 6.18 Å². The molecule has 1 saturated heterocycles. The summed E-state index contributed by atoms with van der Waals surface area (Å²) in [5.41, 5.74) is -2.11. The van der Waals surface area contributed by atoms with Crippen LogP contribution < -0.4 is 14.8 Å². The van der Waals surface area contributed by atoms with Gasteiger partial charge < -0.3 is 25.0 Å². The van der Waals surface area contributed by atoms with Gasteiger partial charge in [0.25, 0.3) is 0 Å². The number of alkyl halides is 3. The largest absolute Gasteiger partial charge is 0.494 e. The third-order valence-corrected chi connectivity index (χ3v) is 4.35. The van der Waals surface area contributed by atoms with Crippen LogP contribution in [0.5, 0.6) is 11.5 Å². The van der Waals surface area contributed by atoms with E-state index in [0.717, 1.165) is 12.1 Å². The van der Waals surface area contributed by atoms with Crippen molar-refractivity contribution in [1.82, 2.24) is 5.32 Å². The predicted octanol–water partition coefficient (Wildman–Crippen LogP) is 2.49. The van der Waals surface area contributed by atoms with Gasteiger partial charge in [-0.25, -0.2) is 4.39 Å². The summed E-state index contributed by atoms with van der Waals surface area (Å²) in [5.74, 6) is -0.119. The number of nitrogens with one attached hydrogen (secondary N) is 1. The van der Waals surface area contributed by atoms with Gasteiger partial charge in [-0.1, -0.05) is 6.07 Å². The molecule has 162 valence electrons. The van der Waals surface area contributed by atoms with Crippen molar-refractivity contribution in [2.75, 3.05) is 26.8 Å². The average molecular weight is 428 g/mol. The molecule has 10 heteroatoms. The van der Waals surface area contributed by atoms with E-state index in [2.05, 4.69) is 5.32 Å². The monoisotopic (exact) mass is 428 g/mol. The molecule has 1 aliphatic rings. The van der Waals surface area contributed by atoms with Crippen molar-refractivity contribution in [3.63, 3.8) is 0 Å². The summed E-state index contributed by atoms with van der Waals surface area (Å²) < 4.78 is 59.7. The maximum atomic E-state index is 13.5. The van der Waals surface area contributed by atoms with Gasteiger partial charge in [-0.15, -0.1) is 0 Å². The molecule has 1 aliphatic heterocycles. The standard InChI is InChI=1S/C12H16FNO4.C8H4F3N/c1-17-10-3-2-8(4-9(10)13)18-11-5-14-6-12(11,16)7-15;9-8(10,11)7-3-1-2-6(4-7)5-12/h2-4,11,14-16H,5-7H2,1H3;1-4H/t11-,12+;/m0./s1. The normalized spacial score (nSPS) is 20.7. The number of hydrogen-bond donors (Lipinski definition) is 3. The molecular weight excluding hydrogens is 408 g/mol. The Labute approximate surface area is 170 Å². The summed E-state index contributed by atoms with van der Waals surface area (Å²) in [6.07, 6.45) is -4.98. The lowest BCUT2D eigenvalue weighted by Gasteiger charge is -2.27. The Morgan fingerprint density at radius 2 is 2.00 bits per heavy atom. The first kappa shape index (κ1) is 23.4. The Kier molecular flexibility index (Phi) is 7.61. The lowest BCUT2D eigenvalue weighted by atomic mass is 10.0. The Balaban J connectivity index is 0.000000232. The maximum absolute atomic E-state index is 13.5. The van der Waals surface area contributed by atoms with Gasteiger partial charge in [0.1, 0.15) is 17.5 Å². The van der Waals surface area contributed by atoms with Gasteiger partial charge in [0, 0.05) is 19.2 Å². The molecule has 3 N–H and O–H groups in total. The lowest BCUT2D eigenvalue weighted by molar-refractivity contribution is -0.137. The van der Waals surface area contributed by atoms with Crippen molar-refractivity contribution in [3.05, 3.63) is 59.4 Å². The van der Waals surface area contributed by atoms with E-state index in [1.54, 1.807) is 12.1 Å². The molecule has 0 radical (unpaired) electrons.